The second-order valence-corrected chi connectivity index (χ2v) is 9.13. The highest BCUT2D eigenvalue weighted by molar-refractivity contribution is 6.07. The van der Waals surface area contributed by atoms with Gasteiger partial charge in [0.25, 0.3) is 5.91 Å². The lowest BCUT2D eigenvalue weighted by molar-refractivity contribution is 0.0963. The zero-order valence-electron chi connectivity index (χ0n) is 21.2. The van der Waals surface area contributed by atoms with Crippen molar-refractivity contribution in [2.75, 3.05) is 29.9 Å². The molecule has 188 valence electrons. The van der Waals surface area contributed by atoms with E-state index in [-0.39, 0.29) is 17.6 Å². The molecule has 37 heavy (non-hydrogen) atoms. The SMILES string of the molecule is CNC(=O)c1cccc(N2CCN(c3cc(C)cc(-c4ccc(-n5cnn(C)c5=O)cc4)c3C)C2=O)c1. The molecular formula is C28H28N6O3. The molecule has 0 saturated carbocycles. The van der Waals surface area contributed by atoms with E-state index in [1.165, 1.54) is 15.6 Å². The molecule has 1 N–H and O–H groups in total. The van der Waals surface area contributed by atoms with Gasteiger partial charge in [0.2, 0.25) is 0 Å². The van der Waals surface area contributed by atoms with E-state index in [9.17, 15) is 14.4 Å². The van der Waals surface area contributed by atoms with Gasteiger partial charge in [-0.05, 0) is 72.5 Å². The lowest BCUT2D eigenvalue weighted by Gasteiger charge is -2.23. The summed E-state index contributed by atoms with van der Waals surface area (Å²) in [4.78, 5) is 41.3. The molecule has 0 bridgehead atoms. The predicted octanol–water partition coefficient (Wildman–Crippen LogP) is 3.66. The first-order chi connectivity index (χ1) is 17.8. The minimum Gasteiger partial charge on any atom is -0.355 e. The van der Waals surface area contributed by atoms with Crippen LogP contribution in [0.3, 0.4) is 0 Å². The minimum atomic E-state index is -0.209. The largest absolute Gasteiger partial charge is 0.355 e. The van der Waals surface area contributed by atoms with Crippen LogP contribution in [0.5, 0.6) is 0 Å². The van der Waals surface area contributed by atoms with Crippen molar-refractivity contribution in [1.82, 2.24) is 19.7 Å². The van der Waals surface area contributed by atoms with E-state index >= 15 is 0 Å². The zero-order chi connectivity index (χ0) is 26.3. The lowest BCUT2D eigenvalue weighted by atomic mass is 9.96. The van der Waals surface area contributed by atoms with Crippen LogP contribution in [-0.4, -0.2) is 46.4 Å². The summed E-state index contributed by atoms with van der Waals surface area (Å²) in [5, 5.41) is 6.64. The van der Waals surface area contributed by atoms with Crippen LogP contribution in [0.2, 0.25) is 0 Å². The van der Waals surface area contributed by atoms with Gasteiger partial charge in [-0.25, -0.2) is 18.8 Å². The van der Waals surface area contributed by atoms with Crippen molar-refractivity contribution < 1.29 is 9.59 Å². The number of carbonyl (C=O) groups excluding carboxylic acids is 2. The van der Waals surface area contributed by atoms with Crippen LogP contribution in [0.25, 0.3) is 16.8 Å². The van der Waals surface area contributed by atoms with Gasteiger partial charge < -0.3 is 5.32 Å². The number of nitrogens with zero attached hydrogens (tertiary/aromatic N) is 5. The van der Waals surface area contributed by atoms with Gasteiger partial charge in [0.15, 0.2) is 0 Å². The van der Waals surface area contributed by atoms with Gasteiger partial charge in [-0.15, -0.1) is 0 Å². The quantitative estimate of drug-likeness (QED) is 0.456. The first-order valence-corrected chi connectivity index (χ1v) is 12.0. The van der Waals surface area contributed by atoms with E-state index in [0.29, 0.717) is 24.3 Å². The van der Waals surface area contributed by atoms with Gasteiger partial charge in [0.1, 0.15) is 6.33 Å². The highest BCUT2D eigenvalue weighted by Gasteiger charge is 2.32. The molecule has 1 saturated heterocycles. The molecule has 0 atom stereocenters. The van der Waals surface area contributed by atoms with Crippen molar-refractivity contribution in [2.45, 2.75) is 13.8 Å². The first-order valence-electron chi connectivity index (χ1n) is 12.0. The fourth-order valence-corrected chi connectivity index (χ4v) is 4.74. The summed E-state index contributed by atoms with van der Waals surface area (Å²) in [5.74, 6) is -0.191. The summed E-state index contributed by atoms with van der Waals surface area (Å²) in [7, 11) is 3.20. The van der Waals surface area contributed by atoms with Crippen LogP contribution in [-0.2, 0) is 7.05 Å². The van der Waals surface area contributed by atoms with E-state index in [4.69, 9.17) is 0 Å². The van der Waals surface area contributed by atoms with Crippen LogP contribution in [0.1, 0.15) is 21.5 Å². The molecule has 2 heterocycles. The summed E-state index contributed by atoms with van der Waals surface area (Å²) in [6.07, 6.45) is 1.50. The standard InChI is InChI=1S/C28H28N6O3/c1-18-14-24(20-8-10-22(11-9-20)34-17-30-31(4)27(34)36)19(2)25(15-18)33-13-12-32(28(33)37)23-7-5-6-21(16-23)26(35)29-3/h5-11,14-17H,12-13H2,1-4H3,(H,29,35). The number of urea groups is 1. The predicted molar refractivity (Wildman–Crippen MR) is 144 cm³/mol. The van der Waals surface area contributed by atoms with Gasteiger partial charge >= 0.3 is 11.7 Å². The number of amides is 3. The molecule has 5 rings (SSSR count). The number of anilines is 2. The number of hydrogen-bond acceptors (Lipinski definition) is 4. The molecular weight excluding hydrogens is 468 g/mol. The van der Waals surface area contributed by atoms with Crippen molar-refractivity contribution in [1.29, 1.82) is 0 Å². The average Bonchev–Trinajstić information content (AvgIpc) is 3.46. The second kappa shape index (κ2) is 9.42. The van der Waals surface area contributed by atoms with Crippen molar-refractivity contribution in [3.8, 4) is 16.8 Å². The number of rotatable bonds is 5. The number of carbonyl (C=O) groups is 2. The van der Waals surface area contributed by atoms with Crippen LogP contribution < -0.4 is 20.8 Å². The number of aryl methyl sites for hydroxylation is 2. The topological polar surface area (TPSA) is 92.5 Å². The molecule has 3 amide bonds. The van der Waals surface area contributed by atoms with Gasteiger partial charge in [0, 0.05) is 44.1 Å². The fraction of sp³-hybridized carbons (Fsp3) is 0.214. The molecule has 9 nitrogen and oxygen atoms in total. The highest BCUT2D eigenvalue weighted by Crippen LogP contribution is 2.35. The number of nitrogens with one attached hydrogen (secondary N) is 1. The Morgan fingerprint density at radius 2 is 1.65 bits per heavy atom. The van der Waals surface area contributed by atoms with E-state index in [1.807, 2.05) is 50.2 Å². The van der Waals surface area contributed by atoms with E-state index < -0.39 is 0 Å². The maximum Gasteiger partial charge on any atom is 0.350 e. The van der Waals surface area contributed by atoms with Crippen molar-refractivity contribution in [3.63, 3.8) is 0 Å². The first kappa shape index (κ1) is 24.1. The number of benzene rings is 3. The zero-order valence-corrected chi connectivity index (χ0v) is 21.2. The molecule has 0 radical (unpaired) electrons. The third-order valence-corrected chi connectivity index (χ3v) is 6.75. The molecule has 3 aromatic carbocycles. The number of hydrogen-bond donors (Lipinski definition) is 1. The Bertz CT molecular complexity index is 1570. The molecule has 0 unspecified atom stereocenters. The van der Waals surface area contributed by atoms with Crippen LogP contribution >= 0.6 is 0 Å². The smallest absolute Gasteiger partial charge is 0.350 e. The summed E-state index contributed by atoms with van der Waals surface area (Å²) in [5.41, 5.74) is 6.63. The maximum atomic E-state index is 13.5. The van der Waals surface area contributed by atoms with Gasteiger partial charge in [-0.2, -0.15) is 5.10 Å². The Balaban J connectivity index is 1.46. The Hall–Kier alpha value is -4.66. The van der Waals surface area contributed by atoms with Crippen LogP contribution in [0.15, 0.2) is 71.8 Å². The van der Waals surface area contributed by atoms with Crippen LogP contribution in [0, 0.1) is 13.8 Å². The van der Waals surface area contributed by atoms with Gasteiger partial charge in [0.05, 0.1) is 5.69 Å². The summed E-state index contributed by atoms with van der Waals surface area (Å²) in [6, 6.07) is 18.8. The molecule has 4 aromatic rings. The molecule has 9 heteroatoms. The Morgan fingerprint density at radius 3 is 2.32 bits per heavy atom. The van der Waals surface area contributed by atoms with Gasteiger partial charge in [-0.1, -0.05) is 24.3 Å². The fourth-order valence-electron chi connectivity index (χ4n) is 4.74. The summed E-state index contributed by atoms with van der Waals surface area (Å²) < 4.78 is 2.78. The van der Waals surface area contributed by atoms with Gasteiger partial charge in [-0.3, -0.25) is 14.6 Å². The molecule has 0 spiro atoms. The second-order valence-electron chi connectivity index (χ2n) is 9.13. The Kier molecular flexibility index (Phi) is 6.12. The van der Waals surface area contributed by atoms with Crippen molar-refractivity contribution in [2.24, 2.45) is 7.05 Å². The highest BCUT2D eigenvalue weighted by atomic mass is 16.2. The molecule has 1 aliphatic rings. The third kappa shape index (κ3) is 4.29. The van der Waals surface area contributed by atoms with E-state index in [0.717, 1.165) is 33.6 Å². The number of aromatic nitrogens is 3. The van der Waals surface area contributed by atoms with E-state index in [1.54, 1.807) is 42.1 Å². The molecule has 1 aliphatic heterocycles. The lowest BCUT2D eigenvalue weighted by Crippen LogP contribution is -2.32. The Labute approximate surface area is 214 Å². The van der Waals surface area contributed by atoms with E-state index in [2.05, 4.69) is 16.5 Å². The molecule has 1 aromatic heterocycles. The average molecular weight is 497 g/mol. The van der Waals surface area contributed by atoms with Crippen LogP contribution in [0.4, 0.5) is 16.2 Å². The minimum absolute atomic E-state index is 0.125. The molecule has 1 fully saturated rings. The third-order valence-electron chi connectivity index (χ3n) is 6.75. The Morgan fingerprint density at radius 1 is 0.919 bits per heavy atom. The maximum absolute atomic E-state index is 13.5. The monoisotopic (exact) mass is 496 g/mol. The van der Waals surface area contributed by atoms with Crippen molar-refractivity contribution >= 4 is 23.3 Å². The summed E-state index contributed by atoms with van der Waals surface area (Å²) >= 11 is 0. The summed E-state index contributed by atoms with van der Waals surface area (Å²) in [6.45, 7) is 5.09. The normalized spacial score (nSPS) is 13.4. The van der Waals surface area contributed by atoms with Crippen molar-refractivity contribution in [3.05, 3.63) is 94.2 Å². The molecule has 0 aliphatic carbocycles.